The van der Waals surface area contributed by atoms with Crippen molar-refractivity contribution in [1.29, 1.82) is 0 Å². The first kappa shape index (κ1) is 31.7. The lowest BCUT2D eigenvalue weighted by atomic mass is 9.81. The average Bonchev–Trinajstić information content (AvgIpc) is 2.85. The van der Waals surface area contributed by atoms with Crippen LogP contribution in [-0.2, 0) is 0 Å². The first-order valence-electron chi connectivity index (χ1n) is 14.4. The third-order valence-corrected chi connectivity index (χ3v) is 10.1. The Morgan fingerprint density at radius 2 is 0.400 bits per heavy atom. The molecule has 35 heavy (non-hydrogen) atoms. The fourth-order valence-corrected chi connectivity index (χ4v) is 5.31. The molecule has 0 amide bonds. The van der Waals surface area contributed by atoms with Crippen molar-refractivity contribution >= 4 is 0 Å². The van der Waals surface area contributed by atoms with Gasteiger partial charge in [-0.3, -0.25) is 0 Å². The Labute approximate surface area is 221 Å². The van der Waals surface area contributed by atoms with Crippen LogP contribution < -0.4 is 0 Å². The molecule has 5 aliphatic carbocycles. The molecule has 200 valence electrons. The van der Waals surface area contributed by atoms with Crippen LogP contribution >= 0.6 is 0 Å². The average molecular weight is 481 g/mol. The molecule has 0 bridgehead atoms. The predicted molar refractivity (Wildman–Crippen MR) is 161 cm³/mol. The van der Waals surface area contributed by atoms with Crippen LogP contribution in [0.4, 0.5) is 0 Å². The van der Waals surface area contributed by atoms with E-state index in [0.717, 1.165) is 29.6 Å². The molecule has 5 atom stereocenters. The molecule has 0 heteroatoms. The molecular formula is C35H60. The smallest absolute Gasteiger partial charge is 0.0195 e. The molecule has 5 rings (SSSR count). The molecule has 0 radical (unpaired) electrons. The van der Waals surface area contributed by atoms with Gasteiger partial charge >= 0.3 is 0 Å². The van der Waals surface area contributed by atoms with Gasteiger partial charge in [-0.2, -0.15) is 0 Å². The summed E-state index contributed by atoms with van der Waals surface area (Å²) in [5.74, 6) is 4.44. The maximum atomic E-state index is 2.28. The molecule has 5 aliphatic rings. The van der Waals surface area contributed by atoms with Gasteiger partial charge in [0.25, 0.3) is 0 Å². The molecule has 0 aromatic carbocycles. The second-order valence-electron chi connectivity index (χ2n) is 12.8. The maximum Gasteiger partial charge on any atom is -0.0195 e. The largest absolute Gasteiger partial charge is 0.0735 e. The number of hydrogen-bond donors (Lipinski definition) is 0. The summed E-state index contributed by atoms with van der Waals surface area (Å²) >= 11 is 0. The molecule has 0 saturated carbocycles. The third kappa shape index (κ3) is 8.94. The van der Waals surface area contributed by atoms with E-state index in [9.17, 15) is 0 Å². The van der Waals surface area contributed by atoms with Gasteiger partial charge in [0.15, 0.2) is 0 Å². The van der Waals surface area contributed by atoms with Crippen LogP contribution in [0.25, 0.3) is 0 Å². The van der Waals surface area contributed by atoms with E-state index in [1.54, 1.807) is 55.7 Å². The number of hydrogen-bond acceptors (Lipinski definition) is 0. The summed E-state index contributed by atoms with van der Waals surface area (Å²) in [5.41, 5.74) is 16.1. The van der Waals surface area contributed by atoms with Crippen molar-refractivity contribution in [3.63, 3.8) is 0 Å². The van der Waals surface area contributed by atoms with Gasteiger partial charge in [0.2, 0.25) is 0 Å². The van der Waals surface area contributed by atoms with Crippen LogP contribution in [0.5, 0.6) is 0 Å². The Hall–Kier alpha value is -1.30. The van der Waals surface area contributed by atoms with Crippen molar-refractivity contribution in [2.24, 2.45) is 29.6 Å². The van der Waals surface area contributed by atoms with E-state index in [0.29, 0.717) is 0 Å². The minimum atomic E-state index is 0.889. The van der Waals surface area contributed by atoms with Gasteiger partial charge in [0, 0.05) is 0 Å². The summed E-state index contributed by atoms with van der Waals surface area (Å²) in [4.78, 5) is 0. The highest BCUT2D eigenvalue weighted by molar-refractivity contribution is 5.25. The van der Waals surface area contributed by atoms with Gasteiger partial charge in [0.1, 0.15) is 0 Å². The molecule has 0 heterocycles. The molecule has 0 spiro atoms. The summed E-state index contributed by atoms with van der Waals surface area (Å²) in [5, 5.41) is 0. The van der Waals surface area contributed by atoms with Crippen LogP contribution in [0.3, 0.4) is 0 Å². The second kappa shape index (κ2) is 13.9. The van der Waals surface area contributed by atoms with Crippen LogP contribution in [-0.4, -0.2) is 0 Å². The van der Waals surface area contributed by atoms with E-state index in [1.807, 2.05) is 0 Å². The highest BCUT2D eigenvalue weighted by Crippen LogP contribution is 2.35. The van der Waals surface area contributed by atoms with E-state index in [4.69, 9.17) is 0 Å². The lowest BCUT2D eigenvalue weighted by molar-refractivity contribution is 0.584. The topological polar surface area (TPSA) is 0 Å². The minimum Gasteiger partial charge on any atom is -0.0735 e. The number of allylic oxidation sites excluding steroid dienone is 10. The predicted octanol–water partition coefficient (Wildman–Crippen LogP) is 11.8. The van der Waals surface area contributed by atoms with E-state index in [2.05, 4.69) is 104 Å². The SMILES string of the molecule is CC1=C(C)C(C)C1.CC1=C(C)C(C)C1.CC1=C(C)C(C)C1.CC1=C(C)C(C)C1.CC1=C(C)C(C)C1. The Morgan fingerprint density at radius 3 is 0.400 bits per heavy atom. The van der Waals surface area contributed by atoms with Crippen LogP contribution in [0.2, 0.25) is 0 Å². The van der Waals surface area contributed by atoms with Gasteiger partial charge in [-0.15, -0.1) is 0 Å². The molecular weight excluding hydrogens is 420 g/mol. The monoisotopic (exact) mass is 480 g/mol. The summed E-state index contributed by atoms with van der Waals surface area (Å²) in [6, 6.07) is 0. The minimum absolute atomic E-state index is 0.889. The summed E-state index contributed by atoms with van der Waals surface area (Å²) in [6.07, 6.45) is 6.70. The summed E-state index contributed by atoms with van der Waals surface area (Å²) in [7, 11) is 0. The van der Waals surface area contributed by atoms with Gasteiger partial charge in [-0.1, -0.05) is 90.3 Å². The van der Waals surface area contributed by atoms with E-state index >= 15 is 0 Å². The quantitative estimate of drug-likeness (QED) is 0.302. The van der Waals surface area contributed by atoms with E-state index < -0.39 is 0 Å². The second-order valence-corrected chi connectivity index (χ2v) is 12.8. The van der Waals surface area contributed by atoms with Crippen LogP contribution in [0.1, 0.15) is 136 Å². The van der Waals surface area contributed by atoms with Gasteiger partial charge in [0.05, 0.1) is 0 Å². The molecule has 0 aromatic rings. The molecule has 0 aliphatic heterocycles. The standard InChI is InChI=1S/5C7H12/c5*1-5-4-6(2)7(5)3/h5*5H,4H2,1-3H3. The lowest BCUT2D eigenvalue weighted by Gasteiger charge is -2.25. The normalized spacial score (nSPS) is 30.4. The summed E-state index contributed by atoms with van der Waals surface area (Å²) < 4.78 is 0. The molecule has 0 nitrogen and oxygen atoms in total. The summed E-state index contributed by atoms with van der Waals surface area (Å²) in [6.45, 7) is 33.6. The van der Waals surface area contributed by atoms with E-state index in [1.165, 1.54) is 32.1 Å². The van der Waals surface area contributed by atoms with Crippen molar-refractivity contribution in [3.05, 3.63) is 55.7 Å². The molecule has 5 unspecified atom stereocenters. The zero-order valence-corrected chi connectivity index (χ0v) is 26.4. The lowest BCUT2D eigenvalue weighted by Crippen LogP contribution is -2.09. The fourth-order valence-electron chi connectivity index (χ4n) is 5.31. The number of rotatable bonds is 0. The Kier molecular flexibility index (Phi) is 12.6. The first-order chi connectivity index (χ1) is 16.1. The Balaban J connectivity index is 0.000000219. The van der Waals surface area contributed by atoms with Gasteiger partial charge in [-0.05, 0) is 131 Å². The van der Waals surface area contributed by atoms with Crippen LogP contribution in [0, 0.1) is 29.6 Å². The fraction of sp³-hybridized carbons (Fsp3) is 0.714. The highest BCUT2D eigenvalue weighted by atomic mass is 14.2. The molecule has 0 fully saturated rings. The molecule has 0 aromatic heterocycles. The van der Waals surface area contributed by atoms with Crippen molar-refractivity contribution in [2.75, 3.05) is 0 Å². The molecule has 0 N–H and O–H groups in total. The Morgan fingerprint density at radius 1 is 0.286 bits per heavy atom. The maximum absolute atomic E-state index is 2.28. The van der Waals surface area contributed by atoms with Crippen LogP contribution in [0.15, 0.2) is 55.7 Å². The molecule has 0 saturated heterocycles. The van der Waals surface area contributed by atoms with Crippen molar-refractivity contribution < 1.29 is 0 Å². The van der Waals surface area contributed by atoms with Crippen molar-refractivity contribution in [3.8, 4) is 0 Å². The zero-order valence-electron chi connectivity index (χ0n) is 26.4. The van der Waals surface area contributed by atoms with Crippen molar-refractivity contribution in [1.82, 2.24) is 0 Å². The van der Waals surface area contributed by atoms with Gasteiger partial charge < -0.3 is 0 Å². The van der Waals surface area contributed by atoms with E-state index in [-0.39, 0.29) is 0 Å². The third-order valence-electron chi connectivity index (χ3n) is 10.1. The highest BCUT2D eigenvalue weighted by Gasteiger charge is 2.19. The van der Waals surface area contributed by atoms with Crippen molar-refractivity contribution in [2.45, 2.75) is 136 Å². The Bertz CT molecular complexity index is 720. The van der Waals surface area contributed by atoms with Gasteiger partial charge in [-0.25, -0.2) is 0 Å². The first-order valence-corrected chi connectivity index (χ1v) is 14.4. The zero-order chi connectivity index (χ0) is 27.2.